The van der Waals surface area contributed by atoms with Crippen LogP contribution in [0.3, 0.4) is 0 Å². The summed E-state index contributed by atoms with van der Waals surface area (Å²) in [5.74, 6) is 0.368. The minimum absolute atomic E-state index is 0.0235. The first kappa shape index (κ1) is 15.2. The van der Waals surface area contributed by atoms with Crippen molar-refractivity contribution in [2.75, 3.05) is 25.0 Å². The van der Waals surface area contributed by atoms with E-state index in [1.807, 2.05) is 0 Å². The topological polar surface area (TPSA) is 71.3 Å². The minimum atomic E-state index is -0.397. The second-order valence-electron chi connectivity index (χ2n) is 5.04. The van der Waals surface area contributed by atoms with Crippen LogP contribution in [-0.4, -0.2) is 40.5 Å². The summed E-state index contributed by atoms with van der Waals surface area (Å²) in [6, 6.07) is 1.75. The number of piperidine rings is 1. The number of hydrogen-bond acceptors (Lipinski definition) is 5. The summed E-state index contributed by atoms with van der Waals surface area (Å²) < 4.78 is 0.618. The van der Waals surface area contributed by atoms with Crippen LogP contribution in [0.4, 0.5) is 11.5 Å². The van der Waals surface area contributed by atoms with Crippen molar-refractivity contribution in [1.29, 1.82) is 0 Å². The molecule has 2 rings (SSSR count). The molecule has 0 radical (unpaired) electrons. The van der Waals surface area contributed by atoms with Gasteiger partial charge in [-0.3, -0.25) is 10.1 Å². The van der Waals surface area contributed by atoms with Gasteiger partial charge in [-0.1, -0.05) is 6.92 Å². The van der Waals surface area contributed by atoms with Gasteiger partial charge in [-0.15, -0.1) is 0 Å². The highest BCUT2D eigenvalue weighted by molar-refractivity contribution is 9.10. The zero-order valence-electron chi connectivity index (χ0n) is 11.5. The summed E-state index contributed by atoms with van der Waals surface area (Å²) in [6.07, 6.45) is 4.74. The Labute approximate surface area is 126 Å². The van der Waals surface area contributed by atoms with Gasteiger partial charge in [-0.25, -0.2) is 4.98 Å². The zero-order valence-corrected chi connectivity index (χ0v) is 13.1. The van der Waals surface area contributed by atoms with Gasteiger partial charge in [0.05, 0.1) is 4.92 Å². The van der Waals surface area contributed by atoms with Gasteiger partial charge in [-0.2, -0.15) is 0 Å². The van der Waals surface area contributed by atoms with Gasteiger partial charge < -0.3 is 10.2 Å². The summed E-state index contributed by atoms with van der Waals surface area (Å²) in [5.41, 5.74) is 0.0235. The molecule has 0 aliphatic carbocycles. The molecule has 0 saturated carbocycles. The lowest BCUT2D eigenvalue weighted by atomic mass is 10.0. The van der Waals surface area contributed by atoms with Crippen molar-refractivity contribution in [3.8, 4) is 0 Å². The van der Waals surface area contributed by atoms with Gasteiger partial charge in [0, 0.05) is 35.9 Å². The maximum atomic E-state index is 11.0. The Hall–Kier alpha value is -1.21. The van der Waals surface area contributed by atoms with E-state index in [1.165, 1.54) is 6.07 Å². The van der Waals surface area contributed by atoms with Gasteiger partial charge in [-0.05, 0) is 41.7 Å². The number of nitro groups is 1. The Morgan fingerprint density at radius 1 is 1.55 bits per heavy atom. The summed E-state index contributed by atoms with van der Waals surface area (Å²) >= 11 is 3.21. The van der Waals surface area contributed by atoms with Crippen LogP contribution in [0.15, 0.2) is 16.7 Å². The highest BCUT2D eigenvalue weighted by Crippen LogP contribution is 2.27. The van der Waals surface area contributed by atoms with Crippen molar-refractivity contribution in [2.24, 2.45) is 0 Å². The number of aromatic nitrogens is 1. The smallest absolute Gasteiger partial charge is 0.312 e. The number of nitrogens with zero attached hydrogens (tertiary/aromatic N) is 3. The number of hydrogen-bond donors (Lipinski definition) is 1. The van der Waals surface area contributed by atoms with Gasteiger partial charge in [0.25, 0.3) is 0 Å². The first-order valence-electron chi connectivity index (χ1n) is 6.89. The molecule has 1 aliphatic rings. The van der Waals surface area contributed by atoms with Crippen molar-refractivity contribution < 1.29 is 4.92 Å². The first-order chi connectivity index (χ1) is 9.60. The lowest BCUT2D eigenvalue weighted by Gasteiger charge is -2.32. The minimum Gasteiger partial charge on any atom is -0.362 e. The van der Waals surface area contributed by atoms with Crippen molar-refractivity contribution in [2.45, 2.75) is 32.2 Å². The monoisotopic (exact) mass is 342 g/mol. The molecule has 0 amide bonds. The molecule has 1 aromatic rings. The van der Waals surface area contributed by atoms with Gasteiger partial charge in [0.15, 0.2) is 0 Å². The number of likely N-dealkylation sites (tertiary alicyclic amines) is 1. The van der Waals surface area contributed by atoms with E-state index in [-0.39, 0.29) is 11.7 Å². The number of rotatable bonds is 5. The van der Waals surface area contributed by atoms with Crippen molar-refractivity contribution in [1.82, 2.24) is 9.88 Å². The molecule has 6 nitrogen and oxygen atoms in total. The normalized spacial score (nSPS) is 17.1. The maximum Gasteiger partial charge on any atom is 0.312 e. The fraction of sp³-hybridized carbons (Fsp3) is 0.615. The highest BCUT2D eigenvalue weighted by Gasteiger charge is 2.22. The largest absolute Gasteiger partial charge is 0.362 e. The molecule has 1 saturated heterocycles. The standard InChI is InChI=1S/C13H19BrN4O2/c1-2-5-17-6-3-11(4-7-17)16-13-12(18(19)20)8-10(14)9-15-13/h8-9,11H,2-7H2,1H3,(H,15,16). The molecular formula is C13H19BrN4O2. The molecule has 1 aromatic heterocycles. The van der Waals surface area contributed by atoms with E-state index in [0.717, 1.165) is 38.9 Å². The summed E-state index contributed by atoms with van der Waals surface area (Å²) in [4.78, 5) is 17.2. The molecule has 1 N–H and O–H groups in total. The van der Waals surface area contributed by atoms with Crippen LogP contribution in [0.5, 0.6) is 0 Å². The molecule has 1 fully saturated rings. The molecule has 0 aromatic carbocycles. The number of nitrogens with one attached hydrogen (secondary N) is 1. The highest BCUT2D eigenvalue weighted by atomic mass is 79.9. The molecule has 0 bridgehead atoms. The Morgan fingerprint density at radius 2 is 2.25 bits per heavy atom. The molecule has 2 heterocycles. The lowest BCUT2D eigenvalue weighted by molar-refractivity contribution is -0.384. The SMILES string of the molecule is CCCN1CCC(Nc2ncc(Br)cc2[N+](=O)[O-])CC1. The zero-order chi connectivity index (χ0) is 14.5. The fourth-order valence-corrected chi connectivity index (χ4v) is 2.81. The third-order valence-electron chi connectivity index (χ3n) is 3.50. The Kier molecular flexibility index (Phi) is 5.31. The maximum absolute atomic E-state index is 11.0. The second kappa shape index (κ2) is 6.99. The predicted molar refractivity (Wildman–Crippen MR) is 82.0 cm³/mol. The van der Waals surface area contributed by atoms with Crippen LogP contribution >= 0.6 is 15.9 Å². The molecule has 0 atom stereocenters. The molecule has 20 heavy (non-hydrogen) atoms. The summed E-state index contributed by atoms with van der Waals surface area (Å²) in [7, 11) is 0. The van der Waals surface area contributed by atoms with Crippen LogP contribution in [0, 0.1) is 10.1 Å². The molecule has 7 heteroatoms. The Bertz CT molecular complexity index is 475. The molecule has 1 aliphatic heterocycles. The first-order valence-corrected chi connectivity index (χ1v) is 7.68. The average molecular weight is 343 g/mol. The van der Waals surface area contributed by atoms with E-state index in [0.29, 0.717) is 10.3 Å². The third-order valence-corrected chi connectivity index (χ3v) is 3.93. The second-order valence-corrected chi connectivity index (χ2v) is 5.95. The molecular weight excluding hydrogens is 324 g/mol. The van der Waals surface area contributed by atoms with Crippen LogP contribution in [-0.2, 0) is 0 Å². The lowest BCUT2D eigenvalue weighted by Crippen LogP contribution is -2.39. The van der Waals surface area contributed by atoms with E-state index in [2.05, 4.69) is 38.1 Å². The van der Waals surface area contributed by atoms with Crippen molar-refractivity contribution in [3.63, 3.8) is 0 Å². The number of halogens is 1. The Morgan fingerprint density at radius 3 is 2.85 bits per heavy atom. The quantitative estimate of drug-likeness (QED) is 0.657. The molecule has 0 unspecified atom stereocenters. The van der Waals surface area contributed by atoms with Gasteiger partial charge in [0.1, 0.15) is 0 Å². The van der Waals surface area contributed by atoms with Crippen LogP contribution in [0.2, 0.25) is 0 Å². The molecule has 0 spiro atoms. The predicted octanol–water partition coefficient (Wildman–Crippen LogP) is 3.04. The van der Waals surface area contributed by atoms with E-state index < -0.39 is 4.92 Å². The average Bonchev–Trinajstić information content (AvgIpc) is 2.43. The Balaban J connectivity index is 1.99. The molecule has 110 valence electrons. The number of pyridine rings is 1. The van der Waals surface area contributed by atoms with E-state index in [1.54, 1.807) is 6.20 Å². The van der Waals surface area contributed by atoms with Crippen LogP contribution in [0.25, 0.3) is 0 Å². The fourth-order valence-electron chi connectivity index (χ4n) is 2.49. The van der Waals surface area contributed by atoms with E-state index >= 15 is 0 Å². The van der Waals surface area contributed by atoms with Crippen LogP contribution < -0.4 is 5.32 Å². The van der Waals surface area contributed by atoms with Gasteiger partial charge in [0.2, 0.25) is 5.82 Å². The van der Waals surface area contributed by atoms with E-state index in [9.17, 15) is 10.1 Å². The van der Waals surface area contributed by atoms with E-state index in [4.69, 9.17) is 0 Å². The number of anilines is 1. The van der Waals surface area contributed by atoms with Crippen molar-refractivity contribution >= 4 is 27.4 Å². The summed E-state index contributed by atoms with van der Waals surface area (Å²) in [6.45, 7) is 5.38. The third kappa shape index (κ3) is 3.89. The van der Waals surface area contributed by atoms with Crippen LogP contribution in [0.1, 0.15) is 26.2 Å². The van der Waals surface area contributed by atoms with Crippen molar-refractivity contribution in [3.05, 3.63) is 26.9 Å². The summed E-state index contributed by atoms with van der Waals surface area (Å²) in [5, 5.41) is 14.3. The van der Waals surface area contributed by atoms with Gasteiger partial charge >= 0.3 is 5.69 Å².